The van der Waals surface area contributed by atoms with Crippen molar-refractivity contribution >= 4 is 27.8 Å². The highest BCUT2D eigenvalue weighted by Gasteiger charge is 2.01. The Morgan fingerprint density at radius 3 is 2.71 bits per heavy atom. The Kier molecular flexibility index (Phi) is 4.28. The average Bonchev–Trinajstić information content (AvgIpc) is 2.24. The van der Waals surface area contributed by atoms with E-state index in [0.717, 1.165) is 6.26 Å². The van der Waals surface area contributed by atoms with Crippen LogP contribution in [0.4, 0.5) is 5.69 Å². The van der Waals surface area contributed by atoms with E-state index in [1.54, 1.807) is 30.3 Å². The number of ether oxygens (including phenoxy) is 1. The number of methoxy groups -OCH3 is 1. The minimum Gasteiger partial charge on any atom is -0.466 e. The van der Waals surface area contributed by atoms with Crippen LogP contribution in [-0.2, 0) is 19.6 Å². The molecule has 0 bridgehead atoms. The molecule has 1 aromatic rings. The average molecular weight is 255 g/mol. The Balaban J connectivity index is 2.86. The lowest BCUT2D eigenvalue weighted by Gasteiger charge is -2.04. The minimum absolute atomic E-state index is 0.444. The van der Waals surface area contributed by atoms with Gasteiger partial charge in [-0.25, -0.2) is 13.2 Å². The second-order valence-corrected chi connectivity index (χ2v) is 5.10. The van der Waals surface area contributed by atoms with E-state index in [1.807, 2.05) is 0 Å². The molecule has 1 aromatic carbocycles. The zero-order valence-electron chi connectivity index (χ0n) is 9.51. The number of benzene rings is 1. The maximum atomic E-state index is 11.0. The molecule has 0 saturated heterocycles. The van der Waals surface area contributed by atoms with Gasteiger partial charge in [0.25, 0.3) is 0 Å². The SMILES string of the molecule is COC(=O)C=Cc1cccc(NS(C)(=O)=O)c1. The molecule has 0 atom stereocenters. The number of sulfonamides is 1. The number of hydrogen-bond acceptors (Lipinski definition) is 4. The smallest absolute Gasteiger partial charge is 0.330 e. The zero-order valence-corrected chi connectivity index (χ0v) is 10.3. The first-order valence-corrected chi connectivity index (χ1v) is 6.64. The molecule has 0 spiro atoms. The highest BCUT2D eigenvalue weighted by atomic mass is 32.2. The number of nitrogens with one attached hydrogen (secondary N) is 1. The maximum Gasteiger partial charge on any atom is 0.330 e. The number of carbonyl (C=O) groups is 1. The van der Waals surface area contributed by atoms with Crippen LogP contribution in [0.1, 0.15) is 5.56 Å². The summed E-state index contributed by atoms with van der Waals surface area (Å²) in [4.78, 5) is 10.9. The first-order chi connectivity index (χ1) is 7.90. The Bertz CT molecular complexity index is 534. The standard InChI is InChI=1S/C11H13NO4S/c1-16-11(13)7-6-9-4-3-5-10(8-9)12-17(2,14)15/h3-8,12H,1-2H3. The molecule has 0 unspecified atom stereocenters. The van der Waals surface area contributed by atoms with E-state index >= 15 is 0 Å². The van der Waals surface area contributed by atoms with Crippen molar-refractivity contribution in [3.05, 3.63) is 35.9 Å². The molecule has 5 nitrogen and oxygen atoms in total. The summed E-state index contributed by atoms with van der Waals surface area (Å²) < 4.78 is 28.8. The van der Waals surface area contributed by atoms with Gasteiger partial charge in [-0.3, -0.25) is 4.72 Å². The van der Waals surface area contributed by atoms with Crippen molar-refractivity contribution in [2.45, 2.75) is 0 Å². The van der Waals surface area contributed by atoms with E-state index in [2.05, 4.69) is 9.46 Å². The van der Waals surface area contributed by atoms with Gasteiger partial charge >= 0.3 is 5.97 Å². The molecule has 0 radical (unpaired) electrons. The van der Waals surface area contributed by atoms with Crippen LogP contribution in [0.3, 0.4) is 0 Å². The molecule has 0 saturated carbocycles. The van der Waals surface area contributed by atoms with E-state index in [9.17, 15) is 13.2 Å². The van der Waals surface area contributed by atoms with E-state index in [-0.39, 0.29) is 0 Å². The fourth-order valence-corrected chi connectivity index (χ4v) is 1.71. The fourth-order valence-electron chi connectivity index (χ4n) is 1.15. The monoisotopic (exact) mass is 255 g/mol. The van der Waals surface area contributed by atoms with Crippen molar-refractivity contribution in [3.63, 3.8) is 0 Å². The summed E-state index contributed by atoms with van der Waals surface area (Å²) in [5.41, 5.74) is 1.14. The summed E-state index contributed by atoms with van der Waals surface area (Å²) in [6, 6.07) is 6.66. The molecule has 0 aliphatic heterocycles. The Labute approximate surface area is 100 Å². The Hall–Kier alpha value is -1.82. The summed E-state index contributed by atoms with van der Waals surface area (Å²) in [5, 5.41) is 0. The highest BCUT2D eigenvalue weighted by molar-refractivity contribution is 7.92. The van der Waals surface area contributed by atoms with Crippen LogP contribution in [-0.4, -0.2) is 27.8 Å². The van der Waals surface area contributed by atoms with Gasteiger partial charge in [-0.05, 0) is 23.8 Å². The third-order valence-corrected chi connectivity index (χ3v) is 2.41. The molecule has 1 rings (SSSR count). The molecule has 6 heteroatoms. The molecule has 92 valence electrons. The lowest BCUT2D eigenvalue weighted by molar-refractivity contribution is -0.134. The second kappa shape index (κ2) is 5.49. The summed E-state index contributed by atoms with van der Waals surface area (Å²) in [6.07, 6.45) is 3.88. The van der Waals surface area contributed by atoms with Gasteiger partial charge in [-0.15, -0.1) is 0 Å². The predicted octanol–water partition coefficient (Wildman–Crippen LogP) is 1.24. The van der Waals surface area contributed by atoms with Crippen molar-refractivity contribution in [1.82, 2.24) is 0 Å². The number of anilines is 1. The lowest BCUT2D eigenvalue weighted by atomic mass is 10.2. The molecule has 0 heterocycles. The van der Waals surface area contributed by atoms with Crippen LogP contribution in [0.5, 0.6) is 0 Å². The topological polar surface area (TPSA) is 72.5 Å². The summed E-state index contributed by atoms with van der Waals surface area (Å²) in [5.74, 6) is -0.466. The molecule has 17 heavy (non-hydrogen) atoms. The predicted molar refractivity (Wildman–Crippen MR) is 66.0 cm³/mol. The highest BCUT2D eigenvalue weighted by Crippen LogP contribution is 2.13. The van der Waals surface area contributed by atoms with Crippen LogP contribution in [0.15, 0.2) is 30.3 Å². The zero-order chi connectivity index (χ0) is 12.9. The summed E-state index contributed by atoms with van der Waals surface area (Å²) in [6.45, 7) is 0. The van der Waals surface area contributed by atoms with Crippen LogP contribution < -0.4 is 4.72 Å². The van der Waals surface area contributed by atoms with Gasteiger partial charge in [-0.1, -0.05) is 12.1 Å². The molecule has 0 aromatic heterocycles. The number of esters is 1. The van der Waals surface area contributed by atoms with Crippen molar-refractivity contribution in [1.29, 1.82) is 0 Å². The number of carbonyl (C=O) groups excluding carboxylic acids is 1. The molecule has 0 fully saturated rings. The molecule has 0 amide bonds. The van der Waals surface area contributed by atoms with Crippen molar-refractivity contribution < 1.29 is 17.9 Å². The van der Waals surface area contributed by atoms with Gasteiger partial charge in [0, 0.05) is 11.8 Å². The normalized spacial score (nSPS) is 11.4. The minimum atomic E-state index is -3.30. The van der Waals surface area contributed by atoms with E-state index in [4.69, 9.17) is 0 Å². The van der Waals surface area contributed by atoms with Gasteiger partial charge in [0.15, 0.2) is 0 Å². The first-order valence-electron chi connectivity index (χ1n) is 4.74. The quantitative estimate of drug-likeness (QED) is 0.649. The third kappa shape index (κ3) is 5.17. The molecule has 0 aliphatic rings. The van der Waals surface area contributed by atoms with Crippen molar-refractivity contribution in [2.24, 2.45) is 0 Å². The first kappa shape index (κ1) is 13.2. The van der Waals surface area contributed by atoms with Gasteiger partial charge in [0.1, 0.15) is 0 Å². The van der Waals surface area contributed by atoms with Gasteiger partial charge in [0.2, 0.25) is 10.0 Å². The summed E-state index contributed by atoms with van der Waals surface area (Å²) in [7, 11) is -2.01. The van der Waals surface area contributed by atoms with Crippen LogP contribution in [0.25, 0.3) is 6.08 Å². The van der Waals surface area contributed by atoms with Gasteiger partial charge < -0.3 is 4.74 Å². The number of hydrogen-bond donors (Lipinski definition) is 1. The van der Waals surface area contributed by atoms with E-state index < -0.39 is 16.0 Å². The van der Waals surface area contributed by atoms with E-state index in [1.165, 1.54) is 13.2 Å². The van der Waals surface area contributed by atoms with Crippen LogP contribution in [0.2, 0.25) is 0 Å². The largest absolute Gasteiger partial charge is 0.466 e. The van der Waals surface area contributed by atoms with Gasteiger partial charge in [0.05, 0.1) is 13.4 Å². The van der Waals surface area contributed by atoms with E-state index in [0.29, 0.717) is 11.3 Å². The lowest BCUT2D eigenvalue weighted by Crippen LogP contribution is -2.09. The van der Waals surface area contributed by atoms with Gasteiger partial charge in [-0.2, -0.15) is 0 Å². The molecule has 1 N–H and O–H groups in total. The molecular weight excluding hydrogens is 242 g/mol. The molecular formula is C11H13NO4S. The third-order valence-electron chi connectivity index (χ3n) is 1.80. The van der Waals surface area contributed by atoms with Crippen molar-refractivity contribution in [2.75, 3.05) is 18.1 Å². The maximum absolute atomic E-state index is 11.0. The Morgan fingerprint density at radius 1 is 1.41 bits per heavy atom. The fraction of sp³-hybridized carbons (Fsp3) is 0.182. The van der Waals surface area contributed by atoms with Crippen LogP contribution in [0, 0.1) is 0 Å². The second-order valence-electron chi connectivity index (χ2n) is 3.36. The number of rotatable bonds is 4. The van der Waals surface area contributed by atoms with Crippen molar-refractivity contribution in [3.8, 4) is 0 Å². The van der Waals surface area contributed by atoms with Crippen LogP contribution >= 0.6 is 0 Å². The molecule has 0 aliphatic carbocycles. The summed E-state index contributed by atoms with van der Waals surface area (Å²) >= 11 is 0. The Morgan fingerprint density at radius 2 is 2.12 bits per heavy atom.